The zero-order valence-electron chi connectivity index (χ0n) is 14.4. The number of carbonyl (C=O) groups excluding carboxylic acids is 2. The highest BCUT2D eigenvalue weighted by molar-refractivity contribution is 7.92. The maximum absolute atomic E-state index is 12.5. The molecule has 0 radical (unpaired) electrons. The Balaban J connectivity index is 1.82. The van der Waals surface area contributed by atoms with Crippen LogP contribution in [0.3, 0.4) is 0 Å². The van der Waals surface area contributed by atoms with Gasteiger partial charge in [-0.3, -0.25) is 9.59 Å². The fraction of sp³-hybridized carbons (Fsp3) is 0.529. The second kappa shape index (κ2) is 8.44. The normalized spacial score (nSPS) is 16.8. The minimum Gasteiger partial charge on any atom is -0.354 e. The van der Waals surface area contributed by atoms with Gasteiger partial charge in [-0.05, 0) is 37.9 Å². The Labute approximate surface area is 148 Å². The third kappa shape index (κ3) is 5.02. The minimum absolute atomic E-state index is 0.216. The van der Waals surface area contributed by atoms with Crippen molar-refractivity contribution >= 4 is 21.7 Å². The molecular formula is C17H25N3O4S. The number of piperidine rings is 1. The van der Waals surface area contributed by atoms with Crippen molar-refractivity contribution in [1.29, 1.82) is 0 Å². The van der Waals surface area contributed by atoms with Crippen molar-refractivity contribution in [2.75, 3.05) is 32.4 Å². The van der Waals surface area contributed by atoms with Crippen molar-refractivity contribution in [3.05, 3.63) is 35.9 Å². The van der Waals surface area contributed by atoms with Crippen LogP contribution in [0.4, 0.5) is 0 Å². The number of sulfone groups is 1. The molecular weight excluding hydrogens is 342 g/mol. The molecule has 1 aromatic rings. The van der Waals surface area contributed by atoms with E-state index in [1.807, 2.05) is 30.3 Å². The van der Waals surface area contributed by atoms with Crippen molar-refractivity contribution in [2.45, 2.75) is 24.0 Å². The lowest BCUT2D eigenvalue weighted by Gasteiger charge is -2.34. The third-order valence-corrected chi connectivity index (χ3v) is 6.54. The first kappa shape index (κ1) is 19.4. The summed E-state index contributed by atoms with van der Waals surface area (Å²) >= 11 is 0. The monoisotopic (exact) mass is 367 g/mol. The van der Waals surface area contributed by atoms with E-state index in [4.69, 9.17) is 0 Å². The average molecular weight is 367 g/mol. The Morgan fingerprint density at radius 1 is 1.12 bits per heavy atom. The first-order chi connectivity index (χ1) is 11.8. The van der Waals surface area contributed by atoms with Gasteiger partial charge in [-0.15, -0.1) is 0 Å². The van der Waals surface area contributed by atoms with E-state index in [-0.39, 0.29) is 25.3 Å². The van der Waals surface area contributed by atoms with Gasteiger partial charge in [0.05, 0.1) is 6.54 Å². The maximum Gasteiger partial charge on any atom is 0.241 e. The van der Waals surface area contributed by atoms with Crippen molar-refractivity contribution < 1.29 is 18.0 Å². The van der Waals surface area contributed by atoms with Crippen molar-refractivity contribution in [2.24, 2.45) is 0 Å². The molecule has 3 N–H and O–H groups in total. The second-order valence-corrected chi connectivity index (χ2v) is 8.61. The summed E-state index contributed by atoms with van der Waals surface area (Å²) in [6, 6.07) is 9.74. The Bertz CT molecular complexity index is 698. The van der Waals surface area contributed by atoms with Crippen LogP contribution in [-0.2, 0) is 25.8 Å². The summed E-state index contributed by atoms with van der Waals surface area (Å²) in [5.74, 6) is -0.920. The van der Waals surface area contributed by atoms with E-state index >= 15 is 0 Å². The summed E-state index contributed by atoms with van der Waals surface area (Å²) in [6.45, 7) is 1.16. The number of benzene rings is 1. The van der Waals surface area contributed by atoms with E-state index in [1.54, 1.807) is 0 Å². The predicted molar refractivity (Wildman–Crippen MR) is 95.8 cm³/mol. The molecule has 2 amide bonds. The van der Waals surface area contributed by atoms with Crippen molar-refractivity contribution in [3.8, 4) is 0 Å². The molecule has 0 unspecified atom stereocenters. The van der Waals surface area contributed by atoms with Crippen LogP contribution in [0.15, 0.2) is 30.3 Å². The summed E-state index contributed by atoms with van der Waals surface area (Å²) in [7, 11) is -3.57. The van der Waals surface area contributed by atoms with Gasteiger partial charge in [0.2, 0.25) is 11.8 Å². The molecule has 25 heavy (non-hydrogen) atoms. The fourth-order valence-corrected chi connectivity index (χ4v) is 4.33. The number of hydrogen-bond acceptors (Lipinski definition) is 5. The van der Waals surface area contributed by atoms with Crippen LogP contribution < -0.4 is 16.0 Å². The van der Waals surface area contributed by atoms with Gasteiger partial charge in [0.15, 0.2) is 14.6 Å². The van der Waals surface area contributed by atoms with Crippen LogP contribution in [-0.4, -0.2) is 57.4 Å². The molecule has 8 heteroatoms. The number of nitrogens with one attached hydrogen (secondary N) is 3. The molecule has 138 valence electrons. The summed E-state index contributed by atoms with van der Waals surface area (Å²) < 4.78 is 22.8. The smallest absolute Gasteiger partial charge is 0.241 e. The van der Waals surface area contributed by atoms with Crippen LogP contribution in [0.2, 0.25) is 0 Å². The van der Waals surface area contributed by atoms with Gasteiger partial charge in [0, 0.05) is 12.8 Å². The van der Waals surface area contributed by atoms with E-state index in [1.165, 1.54) is 0 Å². The van der Waals surface area contributed by atoms with E-state index in [9.17, 15) is 18.0 Å². The van der Waals surface area contributed by atoms with E-state index < -0.39 is 20.5 Å². The van der Waals surface area contributed by atoms with Crippen LogP contribution >= 0.6 is 0 Å². The fourth-order valence-electron chi connectivity index (χ4n) is 2.97. The molecule has 0 atom stereocenters. The lowest BCUT2D eigenvalue weighted by molar-refractivity contribution is -0.128. The Kier molecular flexibility index (Phi) is 6.55. The molecule has 1 saturated heterocycles. The number of rotatable bonds is 7. The first-order valence-corrected chi connectivity index (χ1v) is 10.2. The van der Waals surface area contributed by atoms with E-state index in [0.29, 0.717) is 26.1 Å². The van der Waals surface area contributed by atoms with Gasteiger partial charge in [-0.2, -0.15) is 0 Å². The predicted octanol–water partition coefficient (Wildman–Crippen LogP) is -0.372. The number of carbonyl (C=O) groups is 2. The van der Waals surface area contributed by atoms with Crippen LogP contribution in [0.5, 0.6) is 0 Å². The van der Waals surface area contributed by atoms with Gasteiger partial charge in [0.1, 0.15) is 0 Å². The summed E-state index contributed by atoms with van der Waals surface area (Å²) in [4.78, 5) is 24.4. The maximum atomic E-state index is 12.5. The van der Waals surface area contributed by atoms with E-state index in [2.05, 4.69) is 16.0 Å². The Morgan fingerprint density at radius 3 is 2.36 bits per heavy atom. The Morgan fingerprint density at radius 2 is 1.76 bits per heavy atom. The third-order valence-electron chi connectivity index (χ3n) is 4.52. The summed E-state index contributed by atoms with van der Waals surface area (Å²) in [6.07, 6.45) is 2.21. The average Bonchev–Trinajstić information content (AvgIpc) is 2.60. The SMILES string of the molecule is CS(=O)(=O)C1(C(=O)NCC(=O)NCCc2ccccc2)CCNCC1. The van der Waals surface area contributed by atoms with Crippen molar-refractivity contribution in [3.63, 3.8) is 0 Å². The molecule has 1 aliphatic rings. The van der Waals surface area contributed by atoms with Gasteiger partial charge in [-0.1, -0.05) is 30.3 Å². The molecule has 7 nitrogen and oxygen atoms in total. The van der Waals surface area contributed by atoms with Gasteiger partial charge < -0.3 is 16.0 Å². The van der Waals surface area contributed by atoms with Crippen LogP contribution in [0.25, 0.3) is 0 Å². The van der Waals surface area contributed by atoms with Crippen LogP contribution in [0.1, 0.15) is 18.4 Å². The molecule has 1 heterocycles. The molecule has 0 saturated carbocycles. The molecule has 0 aliphatic carbocycles. The molecule has 1 aromatic carbocycles. The summed E-state index contributed by atoms with van der Waals surface area (Å²) in [5.41, 5.74) is 1.11. The molecule has 1 aliphatic heterocycles. The quantitative estimate of drug-likeness (QED) is 0.610. The first-order valence-electron chi connectivity index (χ1n) is 8.34. The zero-order valence-corrected chi connectivity index (χ0v) is 15.2. The topological polar surface area (TPSA) is 104 Å². The lowest BCUT2D eigenvalue weighted by Crippen LogP contribution is -2.58. The summed E-state index contributed by atoms with van der Waals surface area (Å²) in [5, 5.41) is 8.27. The van der Waals surface area contributed by atoms with Crippen LogP contribution in [0, 0.1) is 0 Å². The zero-order chi connectivity index (χ0) is 18.3. The molecule has 2 rings (SSSR count). The lowest BCUT2D eigenvalue weighted by atomic mass is 9.96. The highest BCUT2D eigenvalue weighted by Gasteiger charge is 2.48. The second-order valence-electron chi connectivity index (χ2n) is 6.28. The molecule has 0 spiro atoms. The minimum atomic E-state index is -3.57. The van der Waals surface area contributed by atoms with Gasteiger partial charge in [-0.25, -0.2) is 8.42 Å². The molecule has 0 bridgehead atoms. The highest BCUT2D eigenvalue weighted by atomic mass is 32.2. The van der Waals surface area contributed by atoms with Gasteiger partial charge >= 0.3 is 0 Å². The number of hydrogen-bond donors (Lipinski definition) is 3. The van der Waals surface area contributed by atoms with Crippen molar-refractivity contribution in [1.82, 2.24) is 16.0 Å². The largest absolute Gasteiger partial charge is 0.354 e. The highest BCUT2D eigenvalue weighted by Crippen LogP contribution is 2.27. The Hall–Kier alpha value is -1.93. The number of amides is 2. The van der Waals surface area contributed by atoms with E-state index in [0.717, 1.165) is 11.8 Å². The molecule has 0 aromatic heterocycles. The van der Waals surface area contributed by atoms with Gasteiger partial charge in [0.25, 0.3) is 0 Å². The standard InChI is InChI=1S/C17H25N3O4S/c1-25(23,24)17(8-11-18-12-9-17)16(22)20-13-15(21)19-10-7-14-5-3-2-4-6-14/h2-6,18H,7-13H2,1H3,(H,19,21)(H,20,22). The molecule has 1 fully saturated rings.